The molecule has 0 radical (unpaired) electrons. The summed E-state index contributed by atoms with van der Waals surface area (Å²) in [4.78, 5) is 0. The highest BCUT2D eigenvalue weighted by Crippen LogP contribution is 2.18. The van der Waals surface area contributed by atoms with Crippen molar-refractivity contribution in [1.29, 1.82) is 0 Å². The molecule has 1 rings (SSSR count). The van der Waals surface area contributed by atoms with E-state index in [1.54, 1.807) is 5.92 Å². The Bertz CT molecular complexity index is 72.1. The lowest BCUT2D eigenvalue weighted by Crippen LogP contribution is -1.92. The van der Waals surface area contributed by atoms with Crippen LogP contribution in [-0.4, -0.2) is 0 Å². The van der Waals surface area contributed by atoms with E-state index in [1.165, 1.54) is 19.3 Å². The molecule has 0 aromatic carbocycles. The third-order valence-electron chi connectivity index (χ3n) is 1.37. The van der Waals surface area contributed by atoms with Gasteiger partial charge in [-0.2, -0.15) is 0 Å². The molecule has 0 fully saturated rings. The van der Waals surface area contributed by atoms with Crippen molar-refractivity contribution in [2.24, 2.45) is 0 Å². The van der Waals surface area contributed by atoms with Crippen LogP contribution in [0.5, 0.6) is 0 Å². The predicted molar refractivity (Wildman–Crippen MR) is 31.9 cm³/mol. The molecule has 0 amide bonds. The van der Waals surface area contributed by atoms with Gasteiger partial charge in [0.15, 0.2) is 0 Å². The molecular formula is C7H11+. The molecule has 0 aliphatic heterocycles. The highest BCUT2D eigenvalue weighted by Gasteiger charge is 2.11. The number of rotatable bonds is 0. The van der Waals surface area contributed by atoms with E-state index in [-0.39, 0.29) is 0 Å². The van der Waals surface area contributed by atoms with E-state index in [4.69, 9.17) is 0 Å². The van der Waals surface area contributed by atoms with Gasteiger partial charge in [-0.15, -0.1) is 0 Å². The molecule has 0 unspecified atom stereocenters. The van der Waals surface area contributed by atoms with Gasteiger partial charge >= 0.3 is 0 Å². The average molecular weight is 95.2 g/mol. The zero-order valence-corrected chi connectivity index (χ0v) is 4.78. The van der Waals surface area contributed by atoms with Crippen LogP contribution in [-0.2, 0) is 0 Å². The third kappa shape index (κ3) is 1.26. The lowest BCUT2D eigenvalue weighted by molar-refractivity contribution is 0.774. The van der Waals surface area contributed by atoms with Gasteiger partial charge in [-0.25, -0.2) is 0 Å². The molecule has 38 valence electrons. The molecule has 0 bridgehead atoms. The van der Waals surface area contributed by atoms with Gasteiger partial charge < -0.3 is 0 Å². The first-order valence-corrected chi connectivity index (χ1v) is 2.86. The van der Waals surface area contributed by atoms with Crippen molar-refractivity contribution in [3.05, 3.63) is 18.1 Å². The maximum atomic E-state index is 2.26. The molecule has 0 heteroatoms. The summed E-state index contributed by atoms with van der Waals surface area (Å²) < 4.78 is 0. The van der Waals surface area contributed by atoms with E-state index >= 15 is 0 Å². The molecular weight excluding hydrogens is 84.1 g/mol. The minimum atomic E-state index is 1.22. The number of hydrogen-bond donors (Lipinski definition) is 0. The van der Waals surface area contributed by atoms with Gasteiger partial charge in [-0.3, -0.25) is 0 Å². The smallest absolute Gasteiger partial charge is 0.0801 e. The highest BCUT2D eigenvalue weighted by molar-refractivity contribution is 5.01. The molecule has 0 heterocycles. The normalized spacial score (nSPS) is 20.4. The Hall–Kier alpha value is -0.390. The second-order valence-electron chi connectivity index (χ2n) is 2.17. The summed E-state index contributed by atoms with van der Waals surface area (Å²) in [6.45, 7) is 2.23. The Balaban J connectivity index is 2.32. The minimum absolute atomic E-state index is 1.22. The molecule has 0 N–H and O–H groups in total. The van der Waals surface area contributed by atoms with E-state index in [0.717, 1.165) is 0 Å². The van der Waals surface area contributed by atoms with Crippen molar-refractivity contribution >= 4 is 0 Å². The third-order valence-corrected chi connectivity index (χ3v) is 1.37. The van der Waals surface area contributed by atoms with Crippen LogP contribution in [0, 0.1) is 5.92 Å². The lowest BCUT2D eigenvalue weighted by atomic mass is 9.97. The maximum Gasteiger partial charge on any atom is 0.108 e. The maximum absolute atomic E-state index is 2.26. The topological polar surface area (TPSA) is 0 Å². The zero-order chi connectivity index (χ0) is 5.11. The predicted octanol–water partition coefficient (Wildman–Crippen LogP) is 2.32. The molecule has 0 aromatic heterocycles. The monoisotopic (exact) mass is 95.1 g/mol. The van der Waals surface area contributed by atoms with E-state index in [2.05, 4.69) is 19.1 Å². The van der Waals surface area contributed by atoms with Crippen LogP contribution in [0.4, 0.5) is 0 Å². The van der Waals surface area contributed by atoms with Crippen molar-refractivity contribution in [2.45, 2.75) is 26.2 Å². The lowest BCUT2D eigenvalue weighted by Gasteiger charge is -1.99. The van der Waals surface area contributed by atoms with Crippen LogP contribution < -0.4 is 0 Å². The Labute approximate surface area is 45.2 Å². The largest absolute Gasteiger partial charge is 0.108 e. The van der Waals surface area contributed by atoms with E-state index < -0.39 is 0 Å². The van der Waals surface area contributed by atoms with Crippen LogP contribution >= 0.6 is 0 Å². The first kappa shape index (κ1) is 4.76. The van der Waals surface area contributed by atoms with Gasteiger partial charge in [0.25, 0.3) is 0 Å². The number of hydrogen-bond acceptors (Lipinski definition) is 0. The zero-order valence-electron chi connectivity index (χ0n) is 4.78. The van der Waals surface area contributed by atoms with Gasteiger partial charge in [0, 0.05) is 6.42 Å². The van der Waals surface area contributed by atoms with Gasteiger partial charge in [0.2, 0.25) is 0 Å². The van der Waals surface area contributed by atoms with Crippen LogP contribution in [0.2, 0.25) is 0 Å². The Morgan fingerprint density at radius 3 is 2.57 bits per heavy atom. The molecule has 0 saturated carbocycles. The fourth-order valence-electron chi connectivity index (χ4n) is 0.834. The quantitative estimate of drug-likeness (QED) is 0.320. The molecule has 0 spiro atoms. The van der Waals surface area contributed by atoms with Crippen LogP contribution in [0.1, 0.15) is 26.2 Å². The van der Waals surface area contributed by atoms with Crippen LogP contribution in [0.25, 0.3) is 0 Å². The second kappa shape index (κ2) is 2.06. The van der Waals surface area contributed by atoms with Crippen molar-refractivity contribution in [3.63, 3.8) is 0 Å². The molecule has 1 aliphatic rings. The molecule has 1 aliphatic carbocycles. The average Bonchev–Trinajstić information content (AvgIpc) is 1.69. The first-order chi connectivity index (χ1) is 3.39. The van der Waals surface area contributed by atoms with E-state index in [9.17, 15) is 0 Å². The summed E-state index contributed by atoms with van der Waals surface area (Å²) in [6, 6.07) is 0. The molecule has 7 heavy (non-hydrogen) atoms. The Morgan fingerprint density at radius 1 is 1.43 bits per heavy atom. The van der Waals surface area contributed by atoms with Crippen molar-refractivity contribution in [3.8, 4) is 0 Å². The fourth-order valence-corrected chi connectivity index (χ4v) is 0.834. The van der Waals surface area contributed by atoms with Crippen LogP contribution in [0.15, 0.2) is 12.2 Å². The van der Waals surface area contributed by atoms with Crippen molar-refractivity contribution < 1.29 is 0 Å². The number of allylic oxidation sites excluding steroid dienone is 2. The first-order valence-electron chi connectivity index (χ1n) is 2.86. The van der Waals surface area contributed by atoms with Gasteiger partial charge in [0.05, 0.1) is 19.3 Å². The SMILES string of the molecule is C[C+]1CC=CCC1. The minimum Gasteiger partial charge on any atom is -0.0801 e. The van der Waals surface area contributed by atoms with E-state index in [1.807, 2.05) is 0 Å². The molecule has 0 saturated heterocycles. The summed E-state index contributed by atoms with van der Waals surface area (Å²) in [5, 5.41) is 0. The standard InChI is InChI=1S/C7H11/c1-7-5-3-2-4-6-7/h2-3H,4-6H2,1H3/q+1. The summed E-state index contributed by atoms with van der Waals surface area (Å²) in [6.07, 6.45) is 8.31. The van der Waals surface area contributed by atoms with Crippen molar-refractivity contribution in [2.75, 3.05) is 0 Å². The summed E-state index contributed by atoms with van der Waals surface area (Å²) in [5.41, 5.74) is 0. The molecule has 0 atom stereocenters. The summed E-state index contributed by atoms with van der Waals surface area (Å²) in [5.74, 6) is 1.63. The highest BCUT2D eigenvalue weighted by atomic mass is 14.1. The summed E-state index contributed by atoms with van der Waals surface area (Å²) in [7, 11) is 0. The van der Waals surface area contributed by atoms with Gasteiger partial charge in [-0.1, -0.05) is 6.08 Å². The molecule has 0 nitrogen and oxygen atoms in total. The van der Waals surface area contributed by atoms with Crippen molar-refractivity contribution in [1.82, 2.24) is 0 Å². The van der Waals surface area contributed by atoms with Gasteiger partial charge in [-0.05, 0) is 6.08 Å². The van der Waals surface area contributed by atoms with E-state index in [0.29, 0.717) is 0 Å². The Morgan fingerprint density at radius 2 is 2.29 bits per heavy atom. The fraction of sp³-hybridized carbons (Fsp3) is 0.571. The van der Waals surface area contributed by atoms with Gasteiger partial charge in [0.1, 0.15) is 6.42 Å². The summed E-state index contributed by atoms with van der Waals surface area (Å²) >= 11 is 0. The Kier molecular flexibility index (Phi) is 1.40. The second-order valence-corrected chi connectivity index (χ2v) is 2.17. The molecule has 0 aromatic rings. The van der Waals surface area contributed by atoms with Crippen LogP contribution in [0.3, 0.4) is 0 Å².